The molecule has 9 nitrogen and oxygen atoms in total. The number of nitrogens with one attached hydrogen (secondary N) is 2. The maximum atomic E-state index is 13.2. The molecule has 0 saturated heterocycles. The first kappa shape index (κ1) is 32.6. The van der Waals surface area contributed by atoms with Gasteiger partial charge in [-0.1, -0.05) is 42.5 Å². The smallest absolute Gasteiger partial charge is 0.293 e. The molecule has 0 fully saturated rings. The normalized spacial score (nSPS) is 12.4. The molecule has 4 aromatic carbocycles. The third-order valence-corrected chi connectivity index (χ3v) is 8.80. The molecule has 0 spiro atoms. The first-order chi connectivity index (χ1) is 20.8. The molecule has 1 atom stereocenters. The molecule has 0 aliphatic heterocycles. The SMILES string of the molecule is CC(C)(C)OCC(CSc1ccccc1)Nc1ccc(S(=O)(=O)NC(=O)c2ccc(-c3ccc(F)cc3)cc2)cc1[N+](=O)[O-]. The number of carbonyl (C=O) groups excluding carboxylic acids is 1. The number of hydrogen-bond acceptors (Lipinski definition) is 8. The molecule has 44 heavy (non-hydrogen) atoms. The summed E-state index contributed by atoms with van der Waals surface area (Å²) in [4.78, 5) is 24.7. The van der Waals surface area contributed by atoms with Gasteiger partial charge in [-0.3, -0.25) is 14.9 Å². The van der Waals surface area contributed by atoms with Gasteiger partial charge in [-0.2, -0.15) is 0 Å². The van der Waals surface area contributed by atoms with E-state index in [2.05, 4.69) is 5.32 Å². The Kier molecular flexibility index (Phi) is 10.4. The second kappa shape index (κ2) is 14.0. The van der Waals surface area contributed by atoms with Gasteiger partial charge in [0.1, 0.15) is 11.5 Å². The van der Waals surface area contributed by atoms with Gasteiger partial charge in [-0.25, -0.2) is 17.5 Å². The molecular formula is C32H32FN3O6S2. The van der Waals surface area contributed by atoms with Crippen molar-refractivity contribution < 1.29 is 27.3 Å². The molecule has 0 saturated carbocycles. The molecule has 4 aromatic rings. The predicted octanol–water partition coefficient (Wildman–Crippen LogP) is 6.91. The highest BCUT2D eigenvalue weighted by Gasteiger charge is 2.26. The number of benzene rings is 4. The van der Waals surface area contributed by atoms with Crippen molar-refractivity contribution in [2.75, 3.05) is 17.7 Å². The lowest BCUT2D eigenvalue weighted by atomic mass is 10.0. The van der Waals surface area contributed by atoms with Gasteiger partial charge in [0.05, 0.1) is 28.1 Å². The molecule has 0 aliphatic carbocycles. The first-order valence-corrected chi connectivity index (χ1v) is 16.1. The number of nitro groups is 1. The summed E-state index contributed by atoms with van der Waals surface area (Å²) in [5.74, 6) is -0.763. The second-order valence-electron chi connectivity index (χ2n) is 10.8. The lowest BCUT2D eigenvalue weighted by molar-refractivity contribution is -0.384. The second-order valence-corrected chi connectivity index (χ2v) is 13.6. The summed E-state index contributed by atoms with van der Waals surface area (Å²) in [6.07, 6.45) is 0. The van der Waals surface area contributed by atoms with Crippen molar-refractivity contribution in [2.24, 2.45) is 0 Å². The molecule has 230 valence electrons. The van der Waals surface area contributed by atoms with Crippen LogP contribution >= 0.6 is 11.8 Å². The number of halogens is 1. The lowest BCUT2D eigenvalue weighted by Crippen LogP contribution is -2.33. The zero-order valence-corrected chi connectivity index (χ0v) is 26.0. The van der Waals surface area contributed by atoms with Crippen LogP contribution in [0, 0.1) is 15.9 Å². The van der Waals surface area contributed by atoms with Gasteiger partial charge >= 0.3 is 0 Å². The number of hydrogen-bond donors (Lipinski definition) is 2. The number of sulfonamides is 1. The van der Waals surface area contributed by atoms with Gasteiger partial charge in [0.2, 0.25) is 0 Å². The number of amides is 1. The zero-order valence-electron chi connectivity index (χ0n) is 24.3. The fraction of sp³-hybridized carbons (Fsp3) is 0.219. The Balaban J connectivity index is 1.50. The van der Waals surface area contributed by atoms with E-state index in [1.807, 2.05) is 55.8 Å². The average Bonchev–Trinajstić information content (AvgIpc) is 2.99. The summed E-state index contributed by atoms with van der Waals surface area (Å²) in [5.41, 5.74) is 0.696. The molecule has 1 unspecified atom stereocenters. The van der Waals surface area contributed by atoms with Crippen molar-refractivity contribution in [1.29, 1.82) is 0 Å². The maximum absolute atomic E-state index is 13.2. The van der Waals surface area contributed by atoms with E-state index in [0.29, 0.717) is 11.3 Å². The van der Waals surface area contributed by atoms with Gasteiger partial charge in [0.25, 0.3) is 21.6 Å². The summed E-state index contributed by atoms with van der Waals surface area (Å²) in [5, 5.41) is 15.2. The largest absolute Gasteiger partial charge is 0.374 e. The van der Waals surface area contributed by atoms with E-state index in [-0.39, 0.29) is 29.7 Å². The minimum Gasteiger partial charge on any atom is -0.374 e. The fourth-order valence-corrected chi connectivity index (χ4v) is 5.98. The van der Waals surface area contributed by atoms with Crippen molar-refractivity contribution in [2.45, 2.75) is 42.2 Å². The van der Waals surface area contributed by atoms with Crippen LogP contribution in [0.2, 0.25) is 0 Å². The molecule has 0 aromatic heterocycles. The van der Waals surface area contributed by atoms with E-state index in [9.17, 15) is 27.7 Å². The molecule has 0 radical (unpaired) electrons. The Morgan fingerprint density at radius 2 is 1.57 bits per heavy atom. The van der Waals surface area contributed by atoms with Crippen molar-refractivity contribution in [1.82, 2.24) is 4.72 Å². The monoisotopic (exact) mass is 637 g/mol. The van der Waals surface area contributed by atoms with E-state index in [4.69, 9.17) is 4.74 Å². The van der Waals surface area contributed by atoms with Crippen molar-refractivity contribution >= 4 is 39.1 Å². The Morgan fingerprint density at radius 1 is 0.955 bits per heavy atom. The van der Waals surface area contributed by atoms with Crippen LogP contribution in [0.3, 0.4) is 0 Å². The van der Waals surface area contributed by atoms with Crippen LogP contribution in [0.4, 0.5) is 15.8 Å². The molecule has 12 heteroatoms. The molecular weight excluding hydrogens is 605 g/mol. The number of carbonyl (C=O) groups is 1. The Morgan fingerprint density at radius 3 is 2.16 bits per heavy atom. The number of nitro benzene ring substituents is 1. The van der Waals surface area contributed by atoms with Gasteiger partial charge in [-0.05, 0) is 80.4 Å². The highest BCUT2D eigenvalue weighted by atomic mass is 32.2. The lowest BCUT2D eigenvalue weighted by Gasteiger charge is -2.25. The van der Waals surface area contributed by atoms with Crippen LogP contribution in [0.15, 0.2) is 107 Å². The molecule has 0 heterocycles. The van der Waals surface area contributed by atoms with Crippen LogP contribution in [0.5, 0.6) is 0 Å². The summed E-state index contributed by atoms with van der Waals surface area (Å²) in [6.45, 7) is 5.97. The summed E-state index contributed by atoms with van der Waals surface area (Å²) < 4.78 is 47.3. The van der Waals surface area contributed by atoms with E-state index in [0.717, 1.165) is 16.5 Å². The standard InChI is InChI=1S/C32H32FN3O6S2/c1-32(2,3)42-20-26(21-43-27-7-5-4-6-8-27)34-29-18-17-28(19-30(29)36(38)39)44(40,41)35-31(37)24-11-9-22(10-12-24)23-13-15-25(33)16-14-23/h4-19,26,34H,20-21H2,1-3H3,(H,35,37). The third-order valence-electron chi connectivity index (χ3n) is 6.30. The topological polar surface area (TPSA) is 128 Å². The molecule has 0 aliphatic rings. The molecule has 0 bridgehead atoms. The van der Waals surface area contributed by atoms with Crippen molar-refractivity contribution in [3.05, 3.63) is 119 Å². The van der Waals surface area contributed by atoms with Crippen LogP contribution in [-0.4, -0.2) is 43.3 Å². The van der Waals surface area contributed by atoms with Crippen molar-refractivity contribution in [3.8, 4) is 11.1 Å². The van der Waals surface area contributed by atoms with Crippen molar-refractivity contribution in [3.63, 3.8) is 0 Å². The predicted molar refractivity (Wildman–Crippen MR) is 170 cm³/mol. The summed E-state index contributed by atoms with van der Waals surface area (Å²) >= 11 is 1.55. The van der Waals surface area contributed by atoms with Gasteiger partial charge in [-0.15, -0.1) is 11.8 Å². The Bertz CT molecular complexity index is 1710. The molecule has 1 amide bonds. The molecule has 4 rings (SSSR count). The van der Waals surface area contributed by atoms with E-state index in [1.54, 1.807) is 36.0 Å². The first-order valence-electron chi connectivity index (χ1n) is 13.6. The van der Waals surface area contributed by atoms with Crippen LogP contribution in [0.25, 0.3) is 11.1 Å². The van der Waals surface area contributed by atoms with Crippen LogP contribution in [0.1, 0.15) is 31.1 Å². The van der Waals surface area contributed by atoms with Gasteiger partial charge < -0.3 is 10.1 Å². The average molecular weight is 638 g/mol. The maximum Gasteiger partial charge on any atom is 0.293 e. The zero-order chi connectivity index (χ0) is 31.9. The number of ether oxygens (including phenoxy) is 1. The Labute approximate surface area is 260 Å². The van der Waals surface area contributed by atoms with Crippen LogP contribution in [-0.2, 0) is 14.8 Å². The fourth-order valence-electron chi connectivity index (χ4n) is 4.06. The number of anilines is 1. The number of thioether (sulfide) groups is 1. The number of rotatable bonds is 12. The van der Waals surface area contributed by atoms with E-state index < -0.39 is 37.0 Å². The highest BCUT2D eigenvalue weighted by molar-refractivity contribution is 7.99. The van der Waals surface area contributed by atoms with Gasteiger partial charge in [0, 0.05) is 22.3 Å². The minimum absolute atomic E-state index is 0.0600. The third kappa shape index (κ3) is 9.12. The quantitative estimate of drug-likeness (QED) is 0.0975. The van der Waals surface area contributed by atoms with Crippen LogP contribution < -0.4 is 10.0 Å². The summed E-state index contributed by atoms with van der Waals surface area (Å²) in [6, 6.07) is 24.6. The molecule has 2 N–H and O–H groups in total. The Hall–Kier alpha value is -4.26. The van der Waals surface area contributed by atoms with E-state index in [1.165, 1.54) is 36.4 Å². The van der Waals surface area contributed by atoms with E-state index >= 15 is 0 Å². The number of nitrogens with zero attached hydrogens (tertiary/aromatic N) is 1. The minimum atomic E-state index is -4.45. The summed E-state index contributed by atoms with van der Waals surface area (Å²) in [7, 11) is -4.45. The highest BCUT2D eigenvalue weighted by Crippen LogP contribution is 2.30. The van der Waals surface area contributed by atoms with Gasteiger partial charge in [0.15, 0.2) is 0 Å².